The topological polar surface area (TPSA) is 54.4 Å². The molecule has 7 heteroatoms. The Labute approximate surface area is 109 Å². The maximum absolute atomic E-state index is 13.4. The van der Waals surface area contributed by atoms with E-state index in [4.69, 9.17) is 11.6 Å². The maximum Gasteiger partial charge on any atom is 0.147 e. The second-order valence-electron chi connectivity index (χ2n) is 4.08. The Balaban J connectivity index is 2.73. The van der Waals surface area contributed by atoms with Gasteiger partial charge in [0.1, 0.15) is 21.5 Å². The molecular formula is C11H13ClF2O3S. The lowest BCUT2D eigenvalue weighted by atomic mass is 10.0. The van der Waals surface area contributed by atoms with Gasteiger partial charge in [-0.05, 0) is 25.0 Å². The van der Waals surface area contributed by atoms with Crippen LogP contribution in [0.4, 0.5) is 8.78 Å². The highest BCUT2D eigenvalue weighted by Crippen LogP contribution is 2.26. The second kappa shape index (κ2) is 5.95. The lowest BCUT2D eigenvalue weighted by Gasteiger charge is -2.12. The molecule has 0 spiro atoms. The van der Waals surface area contributed by atoms with Crippen molar-refractivity contribution in [3.8, 4) is 0 Å². The third kappa shape index (κ3) is 4.51. The summed E-state index contributed by atoms with van der Waals surface area (Å²) in [7, 11) is -3.13. The summed E-state index contributed by atoms with van der Waals surface area (Å²) in [5, 5.41) is 9.31. The summed E-state index contributed by atoms with van der Waals surface area (Å²) in [5.74, 6) is -1.75. The predicted molar refractivity (Wildman–Crippen MR) is 65.3 cm³/mol. The summed E-state index contributed by atoms with van der Waals surface area (Å²) in [5.41, 5.74) is -0.217. The molecule has 0 radical (unpaired) electrons. The van der Waals surface area contributed by atoms with E-state index in [1.54, 1.807) is 0 Å². The van der Waals surface area contributed by atoms with Crippen LogP contribution in [0.5, 0.6) is 0 Å². The number of hydrogen-bond acceptors (Lipinski definition) is 3. The zero-order chi connectivity index (χ0) is 13.9. The molecule has 1 aromatic rings. The minimum Gasteiger partial charge on any atom is -0.388 e. The average Bonchev–Trinajstić information content (AvgIpc) is 2.21. The molecule has 0 fully saturated rings. The van der Waals surface area contributed by atoms with Crippen LogP contribution in [0.1, 0.15) is 24.5 Å². The summed E-state index contributed by atoms with van der Waals surface area (Å²) < 4.78 is 48.3. The third-order valence-corrected chi connectivity index (χ3v) is 3.71. The molecule has 18 heavy (non-hydrogen) atoms. The van der Waals surface area contributed by atoms with Crippen molar-refractivity contribution in [1.29, 1.82) is 0 Å². The summed E-state index contributed by atoms with van der Waals surface area (Å²) in [4.78, 5) is 0. The number of hydrogen-bond donors (Lipinski definition) is 1. The van der Waals surface area contributed by atoms with Crippen LogP contribution in [0.2, 0.25) is 5.02 Å². The van der Waals surface area contributed by atoms with Gasteiger partial charge in [-0.25, -0.2) is 17.2 Å². The van der Waals surface area contributed by atoms with Gasteiger partial charge >= 0.3 is 0 Å². The minimum atomic E-state index is -3.13. The van der Waals surface area contributed by atoms with Gasteiger partial charge in [-0.1, -0.05) is 11.6 Å². The van der Waals surface area contributed by atoms with Crippen molar-refractivity contribution in [3.63, 3.8) is 0 Å². The van der Waals surface area contributed by atoms with E-state index in [0.29, 0.717) is 0 Å². The molecular weight excluding hydrogens is 286 g/mol. The molecule has 0 amide bonds. The van der Waals surface area contributed by atoms with E-state index in [0.717, 1.165) is 18.4 Å². The summed E-state index contributed by atoms with van der Waals surface area (Å²) >= 11 is 5.38. The van der Waals surface area contributed by atoms with E-state index in [9.17, 15) is 22.3 Å². The number of halogens is 3. The molecule has 1 rings (SSSR count). The monoisotopic (exact) mass is 298 g/mol. The fourth-order valence-corrected chi connectivity index (χ4v) is 2.33. The van der Waals surface area contributed by atoms with Crippen molar-refractivity contribution in [2.75, 3.05) is 12.0 Å². The van der Waals surface area contributed by atoms with Gasteiger partial charge in [-0.15, -0.1) is 0 Å². The largest absolute Gasteiger partial charge is 0.388 e. The number of rotatable bonds is 5. The number of aliphatic hydroxyl groups is 1. The van der Waals surface area contributed by atoms with Gasteiger partial charge in [-0.2, -0.15) is 0 Å². The van der Waals surface area contributed by atoms with Crippen LogP contribution < -0.4 is 0 Å². The van der Waals surface area contributed by atoms with Gasteiger partial charge < -0.3 is 5.11 Å². The molecule has 0 saturated heterocycles. The number of benzene rings is 1. The molecule has 3 nitrogen and oxygen atoms in total. The molecule has 0 aromatic heterocycles. The van der Waals surface area contributed by atoms with Crippen LogP contribution in [-0.4, -0.2) is 25.5 Å². The van der Waals surface area contributed by atoms with Gasteiger partial charge in [-0.3, -0.25) is 0 Å². The first-order valence-electron chi connectivity index (χ1n) is 5.21. The lowest BCUT2D eigenvalue weighted by molar-refractivity contribution is 0.161. The molecule has 0 bridgehead atoms. The van der Waals surface area contributed by atoms with Crippen molar-refractivity contribution in [2.24, 2.45) is 0 Å². The Morgan fingerprint density at radius 1 is 1.33 bits per heavy atom. The van der Waals surface area contributed by atoms with Crippen molar-refractivity contribution >= 4 is 21.4 Å². The molecule has 0 heterocycles. The van der Waals surface area contributed by atoms with Crippen molar-refractivity contribution in [2.45, 2.75) is 18.9 Å². The summed E-state index contributed by atoms with van der Waals surface area (Å²) in [6.07, 6.45) is 0.0231. The molecule has 102 valence electrons. The van der Waals surface area contributed by atoms with Gasteiger partial charge in [0.15, 0.2) is 0 Å². The van der Waals surface area contributed by atoms with Gasteiger partial charge in [0.2, 0.25) is 0 Å². The first-order chi connectivity index (χ1) is 8.20. The van der Waals surface area contributed by atoms with E-state index in [-0.39, 0.29) is 29.2 Å². The van der Waals surface area contributed by atoms with E-state index in [1.165, 1.54) is 0 Å². The van der Waals surface area contributed by atoms with Crippen LogP contribution in [0.3, 0.4) is 0 Å². The molecule has 0 saturated carbocycles. The normalized spacial score (nSPS) is 13.6. The highest BCUT2D eigenvalue weighted by Gasteiger charge is 2.16. The molecule has 1 aromatic carbocycles. The molecule has 1 unspecified atom stereocenters. The zero-order valence-corrected chi connectivity index (χ0v) is 11.2. The van der Waals surface area contributed by atoms with Crippen LogP contribution in [-0.2, 0) is 9.84 Å². The quantitative estimate of drug-likeness (QED) is 0.850. The Morgan fingerprint density at radius 2 is 1.94 bits per heavy atom. The minimum absolute atomic E-state index is 0.0328. The highest BCUT2D eigenvalue weighted by atomic mass is 35.5. The molecule has 0 aliphatic rings. The van der Waals surface area contributed by atoms with Crippen LogP contribution >= 0.6 is 11.6 Å². The Hall–Kier alpha value is -0.720. The second-order valence-corrected chi connectivity index (χ2v) is 6.74. The maximum atomic E-state index is 13.4. The lowest BCUT2D eigenvalue weighted by Crippen LogP contribution is -2.07. The van der Waals surface area contributed by atoms with E-state index < -0.39 is 27.6 Å². The Morgan fingerprint density at radius 3 is 2.50 bits per heavy atom. The van der Waals surface area contributed by atoms with Crippen molar-refractivity contribution in [1.82, 2.24) is 0 Å². The molecule has 1 N–H and O–H groups in total. The zero-order valence-electron chi connectivity index (χ0n) is 9.66. The highest BCUT2D eigenvalue weighted by molar-refractivity contribution is 7.90. The molecule has 0 aliphatic carbocycles. The Bertz CT molecular complexity index is 531. The Kier molecular flexibility index (Phi) is 5.07. The van der Waals surface area contributed by atoms with Crippen LogP contribution in [0.15, 0.2) is 12.1 Å². The molecule has 1 atom stereocenters. The predicted octanol–water partition coefficient (Wildman–Crippen LogP) is 2.48. The fraction of sp³-hybridized carbons (Fsp3) is 0.455. The number of aliphatic hydroxyl groups excluding tert-OH is 1. The van der Waals surface area contributed by atoms with E-state index in [1.807, 2.05) is 0 Å². The average molecular weight is 299 g/mol. The molecule has 0 aliphatic heterocycles. The third-order valence-electron chi connectivity index (χ3n) is 2.39. The van der Waals surface area contributed by atoms with Crippen LogP contribution in [0, 0.1) is 11.6 Å². The van der Waals surface area contributed by atoms with Gasteiger partial charge in [0, 0.05) is 17.6 Å². The van der Waals surface area contributed by atoms with Crippen LogP contribution in [0.25, 0.3) is 0 Å². The smallest absolute Gasteiger partial charge is 0.147 e. The summed E-state index contributed by atoms with van der Waals surface area (Å²) in [6.45, 7) is 0. The van der Waals surface area contributed by atoms with Crippen molar-refractivity contribution < 1.29 is 22.3 Å². The van der Waals surface area contributed by atoms with Gasteiger partial charge in [0.25, 0.3) is 0 Å². The first kappa shape index (κ1) is 15.3. The van der Waals surface area contributed by atoms with E-state index in [2.05, 4.69) is 0 Å². The standard InChI is InChI=1S/C11H13ClF2O3S/c1-18(16,17)4-2-3-11(15)7-5-10(14)8(12)6-9(7)13/h5-6,11,15H,2-4H2,1H3. The van der Waals surface area contributed by atoms with E-state index >= 15 is 0 Å². The SMILES string of the molecule is CS(=O)(=O)CCCC(O)c1cc(F)c(Cl)cc1F. The van der Waals surface area contributed by atoms with Gasteiger partial charge in [0.05, 0.1) is 11.1 Å². The fourth-order valence-electron chi connectivity index (χ4n) is 1.49. The first-order valence-corrected chi connectivity index (χ1v) is 7.65. The summed E-state index contributed by atoms with van der Waals surface area (Å²) in [6, 6.07) is 1.61. The van der Waals surface area contributed by atoms with Crippen molar-refractivity contribution in [3.05, 3.63) is 34.4 Å². The number of sulfone groups is 1.